The average molecular weight is 437 g/mol. The van der Waals surface area contributed by atoms with Crippen LogP contribution >= 0.6 is 0 Å². The molecule has 7 nitrogen and oxygen atoms in total. The molecule has 0 radical (unpaired) electrons. The highest BCUT2D eigenvalue weighted by molar-refractivity contribution is 7.89. The molecule has 9 heteroatoms. The first-order chi connectivity index (χ1) is 14.0. The van der Waals surface area contributed by atoms with Crippen molar-refractivity contribution in [1.29, 1.82) is 0 Å². The summed E-state index contributed by atoms with van der Waals surface area (Å²) < 4.78 is 51.0. The maximum atomic E-state index is 13.8. The molecule has 0 aliphatic rings. The normalized spacial score (nSPS) is 12.5. The topological polar surface area (TPSA) is 98.8 Å². The first kappa shape index (κ1) is 23.5. The molecule has 0 amide bonds. The van der Waals surface area contributed by atoms with Crippen molar-refractivity contribution < 1.29 is 31.9 Å². The molecule has 2 aromatic rings. The number of esters is 1. The maximum Gasteiger partial charge on any atom is 0.324 e. The monoisotopic (exact) mass is 437 g/mol. The van der Waals surface area contributed by atoms with Crippen LogP contribution in [0.5, 0.6) is 5.75 Å². The van der Waals surface area contributed by atoms with Gasteiger partial charge in [-0.15, -0.1) is 0 Å². The Morgan fingerprint density at radius 3 is 2.27 bits per heavy atom. The Morgan fingerprint density at radius 2 is 1.73 bits per heavy atom. The van der Waals surface area contributed by atoms with Crippen molar-refractivity contribution in [2.75, 3.05) is 13.7 Å². The van der Waals surface area contributed by atoms with Gasteiger partial charge in [0.1, 0.15) is 6.04 Å². The van der Waals surface area contributed by atoms with Crippen molar-refractivity contribution in [1.82, 2.24) is 4.72 Å². The van der Waals surface area contributed by atoms with Crippen LogP contribution in [0.15, 0.2) is 47.4 Å². The van der Waals surface area contributed by atoms with Gasteiger partial charge in [-0.25, -0.2) is 12.8 Å². The Kier molecular flexibility index (Phi) is 7.69. The van der Waals surface area contributed by atoms with Crippen LogP contribution in [0.2, 0.25) is 0 Å². The molecule has 0 aliphatic carbocycles. The molecule has 0 unspecified atom stereocenters. The fourth-order valence-corrected chi connectivity index (χ4v) is 3.89. The summed E-state index contributed by atoms with van der Waals surface area (Å²) in [5.74, 6) is -2.71. The molecular weight excluding hydrogens is 413 g/mol. The van der Waals surface area contributed by atoms with Gasteiger partial charge in [0, 0.05) is 5.56 Å². The fourth-order valence-electron chi connectivity index (χ4n) is 2.56. The fraction of sp³-hybridized carbons (Fsp3) is 0.333. The van der Waals surface area contributed by atoms with Gasteiger partial charge in [0.15, 0.2) is 24.0 Å². The number of rotatable bonds is 9. The number of halogens is 1. The number of sulfonamides is 1. The van der Waals surface area contributed by atoms with Crippen molar-refractivity contribution in [3.05, 3.63) is 59.4 Å². The summed E-state index contributed by atoms with van der Waals surface area (Å²) in [5.41, 5.74) is 0.893. The van der Waals surface area contributed by atoms with E-state index in [-0.39, 0.29) is 16.2 Å². The zero-order valence-electron chi connectivity index (χ0n) is 17.1. The van der Waals surface area contributed by atoms with E-state index < -0.39 is 46.2 Å². The third-order valence-electron chi connectivity index (χ3n) is 4.35. The summed E-state index contributed by atoms with van der Waals surface area (Å²) in [5, 5.41) is 0. The lowest BCUT2D eigenvalue weighted by molar-refractivity contribution is -0.145. The molecule has 2 aromatic carbocycles. The molecule has 0 aliphatic heterocycles. The minimum absolute atomic E-state index is 0.00225. The molecule has 2 rings (SSSR count). The maximum absolute atomic E-state index is 13.8. The van der Waals surface area contributed by atoms with Gasteiger partial charge in [0.05, 0.1) is 12.0 Å². The molecule has 162 valence electrons. The number of carbonyl (C=O) groups is 2. The van der Waals surface area contributed by atoms with Crippen LogP contribution in [0.4, 0.5) is 4.39 Å². The number of nitrogens with one attached hydrogen (secondary N) is 1. The van der Waals surface area contributed by atoms with Crippen molar-refractivity contribution in [2.24, 2.45) is 5.92 Å². The molecule has 0 heterocycles. The number of ketones is 1. The summed E-state index contributed by atoms with van der Waals surface area (Å²) in [6.45, 7) is 4.46. The van der Waals surface area contributed by atoms with Gasteiger partial charge >= 0.3 is 5.97 Å². The third-order valence-corrected chi connectivity index (χ3v) is 5.81. The van der Waals surface area contributed by atoms with Gasteiger partial charge in [0.2, 0.25) is 10.0 Å². The highest BCUT2D eigenvalue weighted by Gasteiger charge is 2.30. The van der Waals surface area contributed by atoms with E-state index >= 15 is 0 Å². The molecule has 0 aromatic heterocycles. The molecule has 1 atom stereocenters. The Bertz CT molecular complexity index is 1020. The minimum atomic E-state index is -3.97. The van der Waals surface area contributed by atoms with Gasteiger partial charge in [-0.1, -0.05) is 31.5 Å². The van der Waals surface area contributed by atoms with Crippen LogP contribution in [0.3, 0.4) is 0 Å². The molecular formula is C21H24FNO6S. The Hall–Kier alpha value is -2.78. The zero-order valence-corrected chi connectivity index (χ0v) is 18.0. The SMILES string of the molecule is COc1ccc(C(=O)COC(=O)[C@@H](NS(=O)(=O)c2ccc(C)cc2)C(C)C)cc1F. The number of methoxy groups -OCH3 is 1. The molecule has 0 saturated carbocycles. The molecule has 0 fully saturated rings. The van der Waals surface area contributed by atoms with Crippen LogP contribution in [0.25, 0.3) is 0 Å². The van der Waals surface area contributed by atoms with Gasteiger partial charge in [0.25, 0.3) is 0 Å². The Labute approximate surface area is 175 Å². The van der Waals surface area contributed by atoms with Crippen LogP contribution in [0, 0.1) is 18.7 Å². The van der Waals surface area contributed by atoms with E-state index in [9.17, 15) is 22.4 Å². The van der Waals surface area contributed by atoms with Crippen molar-refractivity contribution in [2.45, 2.75) is 31.7 Å². The smallest absolute Gasteiger partial charge is 0.324 e. The second-order valence-corrected chi connectivity index (χ2v) is 8.75. The molecule has 1 N–H and O–H groups in total. The van der Waals surface area contributed by atoms with Crippen molar-refractivity contribution >= 4 is 21.8 Å². The number of hydrogen-bond donors (Lipinski definition) is 1. The van der Waals surface area contributed by atoms with Gasteiger partial charge in [-0.3, -0.25) is 9.59 Å². The van der Waals surface area contributed by atoms with Crippen LogP contribution in [-0.4, -0.2) is 39.9 Å². The number of ether oxygens (including phenoxy) is 2. The van der Waals surface area contributed by atoms with Gasteiger partial charge in [-0.05, 0) is 43.2 Å². The summed E-state index contributed by atoms with van der Waals surface area (Å²) in [7, 11) is -2.67. The van der Waals surface area contributed by atoms with Crippen LogP contribution < -0.4 is 9.46 Å². The van der Waals surface area contributed by atoms with Crippen molar-refractivity contribution in [3.63, 3.8) is 0 Å². The average Bonchev–Trinajstić information content (AvgIpc) is 2.70. The van der Waals surface area contributed by atoms with E-state index in [0.29, 0.717) is 0 Å². The summed E-state index contributed by atoms with van der Waals surface area (Å²) >= 11 is 0. The molecule has 0 bridgehead atoms. The highest BCUT2D eigenvalue weighted by Crippen LogP contribution is 2.18. The molecule has 0 saturated heterocycles. The van der Waals surface area contributed by atoms with E-state index in [1.165, 1.54) is 31.4 Å². The molecule has 30 heavy (non-hydrogen) atoms. The molecule has 0 spiro atoms. The first-order valence-electron chi connectivity index (χ1n) is 9.17. The van der Waals surface area contributed by atoms with E-state index in [1.54, 1.807) is 26.0 Å². The number of Topliss-reactive ketones (excluding diaryl/α,β-unsaturated/α-hetero) is 1. The number of hydrogen-bond acceptors (Lipinski definition) is 6. The van der Waals surface area contributed by atoms with Crippen LogP contribution in [-0.2, 0) is 19.6 Å². The summed E-state index contributed by atoms with van der Waals surface area (Å²) in [6, 6.07) is 8.57. The Morgan fingerprint density at radius 1 is 1.10 bits per heavy atom. The summed E-state index contributed by atoms with van der Waals surface area (Å²) in [6.07, 6.45) is 0. The lowest BCUT2D eigenvalue weighted by Gasteiger charge is -2.20. The quantitative estimate of drug-likeness (QED) is 0.478. The zero-order chi connectivity index (χ0) is 22.5. The number of carbonyl (C=O) groups excluding carboxylic acids is 2. The number of benzene rings is 2. The predicted octanol–water partition coefficient (Wildman–Crippen LogP) is 2.87. The van der Waals surface area contributed by atoms with E-state index in [2.05, 4.69) is 4.72 Å². The number of aryl methyl sites for hydroxylation is 1. The first-order valence-corrected chi connectivity index (χ1v) is 10.7. The van der Waals surface area contributed by atoms with E-state index in [0.717, 1.165) is 11.6 Å². The highest BCUT2D eigenvalue weighted by atomic mass is 32.2. The van der Waals surface area contributed by atoms with E-state index in [1.807, 2.05) is 6.92 Å². The van der Waals surface area contributed by atoms with Crippen molar-refractivity contribution in [3.8, 4) is 5.75 Å². The second-order valence-electron chi connectivity index (χ2n) is 7.04. The Balaban J connectivity index is 2.07. The van der Waals surface area contributed by atoms with Gasteiger partial charge < -0.3 is 9.47 Å². The largest absolute Gasteiger partial charge is 0.494 e. The predicted molar refractivity (Wildman–Crippen MR) is 108 cm³/mol. The third kappa shape index (κ3) is 5.87. The standard InChI is InChI=1S/C21H24FNO6S/c1-13(2)20(23-30(26,27)16-8-5-14(3)6-9-16)21(25)29-12-18(24)15-7-10-19(28-4)17(22)11-15/h5-11,13,20,23H,12H2,1-4H3/t20-/m0/s1. The lowest BCUT2D eigenvalue weighted by Crippen LogP contribution is -2.45. The minimum Gasteiger partial charge on any atom is -0.494 e. The van der Waals surface area contributed by atoms with E-state index in [4.69, 9.17) is 9.47 Å². The van der Waals surface area contributed by atoms with Gasteiger partial charge in [-0.2, -0.15) is 4.72 Å². The van der Waals surface area contributed by atoms with Crippen LogP contribution in [0.1, 0.15) is 29.8 Å². The second kappa shape index (κ2) is 9.82. The summed E-state index contributed by atoms with van der Waals surface area (Å²) in [4.78, 5) is 24.7. The lowest BCUT2D eigenvalue weighted by atomic mass is 10.1.